The number of nitrogens with one attached hydrogen (secondary N) is 2. The van der Waals surface area contributed by atoms with Gasteiger partial charge in [0.2, 0.25) is 5.91 Å². The molecule has 3 unspecified atom stereocenters. The van der Waals surface area contributed by atoms with Gasteiger partial charge in [-0.05, 0) is 48.4 Å². The lowest BCUT2D eigenvalue weighted by Crippen LogP contribution is -2.53. The van der Waals surface area contributed by atoms with Gasteiger partial charge in [-0.1, -0.05) is 80.4 Å². The maximum absolute atomic E-state index is 12.9. The van der Waals surface area contributed by atoms with E-state index in [1.165, 1.54) is 0 Å². The Balaban J connectivity index is 1.70. The summed E-state index contributed by atoms with van der Waals surface area (Å²) < 4.78 is 5.58. The van der Waals surface area contributed by atoms with Crippen LogP contribution >= 0.6 is 0 Å². The van der Waals surface area contributed by atoms with Gasteiger partial charge in [-0.25, -0.2) is 9.59 Å². The zero-order valence-corrected chi connectivity index (χ0v) is 20.7. The van der Waals surface area contributed by atoms with Crippen LogP contribution in [0.3, 0.4) is 0 Å². The molecule has 0 aromatic heterocycles. The van der Waals surface area contributed by atoms with Crippen LogP contribution in [0, 0.1) is 5.92 Å². The molecule has 2 aromatic rings. The third-order valence-electron chi connectivity index (χ3n) is 6.49. The molecule has 3 N–H and O–H groups in total. The van der Waals surface area contributed by atoms with E-state index in [1.807, 2.05) is 63.2 Å². The Kier molecular flexibility index (Phi) is 8.68. The molecule has 0 aliphatic heterocycles. The SMILES string of the molecule is CCC(C)C(NC(=O)C(CC=C(C)C)NC(=O)OCC1c2ccccc2-c2ccccc21)C(=O)O. The molecular formula is C28H34N2O5. The van der Waals surface area contributed by atoms with Crippen molar-refractivity contribution in [1.82, 2.24) is 10.6 Å². The zero-order chi connectivity index (χ0) is 25.5. The van der Waals surface area contributed by atoms with Crippen LogP contribution in [-0.4, -0.2) is 41.8 Å². The van der Waals surface area contributed by atoms with E-state index in [-0.39, 0.29) is 24.9 Å². The average Bonchev–Trinajstić information content (AvgIpc) is 3.16. The van der Waals surface area contributed by atoms with Crippen LogP contribution in [0.25, 0.3) is 11.1 Å². The Morgan fingerprint density at radius 3 is 2.09 bits per heavy atom. The minimum absolute atomic E-state index is 0.0972. The Labute approximate surface area is 206 Å². The predicted molar refractivity (Wildman–Crippen MR) is 135 cm³/mol. The topological polar surface area (TPSA) is 105 Å². The predicted octanol–water partition coefficient (Wildman–Crippen LogP) is 4.87. The van der Waals surface area contributed by atoms with Crippen LogP contribution in [-0.2, 0) is 14.3 Å². The van der Waals surface area contributed by atoms with Crippen molar-refractivity contribution < 1.29 is 24.2 Å². The molecule has 0 bridgehead atoms. The van der Waals surface area contributed by atoms with Gasteiger partial charge in [-0.2, -0.15) is 0 Å². The highest BCUT2D eigenvalue weighted by molar-refractivity contribution is 5.89. The maximum atomic E-state index is 12.9. The molecule has 3 rings (SSSR count). The Hall–Kier alpha value is -3.61. The molecule has 0 heterocycles. The monoisotopic (exact) mass is 478 g/mol. The number of alkyl carbamates (subject to hydrolysis) is 1. The van der Waals surface area contributed by atoms with E-state index in [9.17, 15) is 19.5 Å². The van der Waals surface area contributed by atoms with Crippen molar-refractivity contribution in [3.63, 3.8) is 0 Å². The number of hydrogen-bond donors (Lipinski definition) is 3. The van der Waals surface area contributed by atoms with Crippen LogP contribution in [0.1, 0.15) is 57.6 Å². The minimum atomic E-state index is -1.10. The number of rotatable bonds is 10. The fourth-order valence-electron chi connectivity index (χ4n) is 4.30. The number of ether oxygens (including phenoxy) is 1. The number of carboxylic acid groups (broad SMARTS) is 1. The van der Waals surface area contributed by atoms with Gasteiger partial charge in [-0.3, -0.25) is 4.79 Å². The van der Waals surface area contributed by atoms with E-state index in [0.29, 0.717) is 6.42 Å². The molecule has 0 radical (unpaired) electrons. The summed E-state index contributed by atoms with van der Waals surface area (Å²) in [5.74, 6) is -2.01. The highest BCUT2D eigenvalue weighted by atomic mass is 16.5. The van der Waals surface area contributed by atoms with E-state index >= 15 is 0 Å². The Morgan fingerprint density at radius 2 is 1.57 bits per heavy atom. The summed E-state index contributed by atoms with van der Waals surface area (Å²) in [4.78, 5) is 37.3. The standard InChI is InChI=1S/C28H34N2O5/c1-5-18(4)25(27(32)33)30-26(31)24(15-14-17(2)3)29-28(34)35-16-23-21-12-8-6-10-19(21)20-11-7-9-13-22(20)23/h6-14,18,23-25H,5,15-16H2,1-4H3,(H,29,34)(H,30,31)(H,32,33). The minimum Gasteiger partial charge on any atom is -0.480 e. The van der Waals surface area contributed by atoms with Gasteiger partial charge in [0.05, 0.1) is 0 Å². The molecule has 2 amide bonds. The van der Waals surface area contributed by atoms with Gasteiger partial charge < -0.3 is 20.5 Å². The molecule has 0 spiro atoms. The summed E-state index contributed by atoms with van der Waals surface area (Å²) in [6.07, 6.45) is 1.93. The number of fused-ring (bicyclic) bond motifs is 3. The lowest BCUT2D eigenvalue weighted by atomic mass is 9.98. The summed E-state index contributed by atoms with van der Waals surface area (Å²) in [5, 5.41) is 14.7. The van der Waals surface area contributed by atoms with Crippen LogP contribution in [0.2, 0.25) is 0 Å². The van der Waals surface area contributed by atoms with Crippen molar-refractivity contribution in [2.45, 2.75) is 58.5 Å². The highest BCUT2D eigenvalue weighted by Gasteiger charge is 2.31. The second kappa shape index (κ2) is 11.7. The molecule has 0 saturated carbocycles. The van der Waals surface area contributed by atoms with E-state index in [2.05, 4.69) is 22.8 Å². The van der Waals surface area contributed by atoms with Gasteiger partial charge in [0.1, 0.15) is 18.7 Å². The molecule has 3 atom stereocenters. The molecule has 7 heteroatoms. The van der Waals surface area contributed by atoms with Crippen molar-refractivity contribution in [1.29, 1.82) is 0 Å². The van der Waals surface area contributed by atoms with Crippen LogP contribution < -0.4 is 10.6 Å². The van der Waals surface area contributed by atoms with Crippen LogP contribution in [0.15, 0.2) is 60.2 Å². The highest BCUT2D eigenvalue weighted by Crippen LogP contribution is 2.44. The smallest absolute Gasteiger partial charge is 0.407 e. The molecule has 1 aliphatic rings. The first-order valence-corrected chi connectivity index (χ1v) is 12.0. The quantitative estimate of drug-likeness (QED) is 0.423. The second-order valence-corrected chi connectivity index (χ2v) is 9.25. The largest absolute Gasteiger partial charge is 0.480 e. The Morgan fingerprint density at radius 1 is 1.00 bits per heavy atom. The number of hydrogen-bond acceptors (Lipinski definition) is 4. The van der Waals surface area contributed by atoms with Gasteiger partial charge in [0.15, 0.2) is 0 Å². The van der Waals surface area contributed by atoms with E-state index in [1.54, 1.807) is 6.92 Å². The van der Waals surface area contributed by atoms with Gasteiger partial charge in [-0.15, -0.1) is 0 Å². The lowest BCUT2D eigenvalue weighted by Gasteiger charge is -2.24. The maximum Gasteiger partial charge on any atom is 0.407 e. The number of amides is 2. The molecule has 186 valence electrons. The van der Waals surface area contributed by atoms with Gasteiger partial charge in [0.25, 0.3) is 0 Å². The lowest BCUT2D eigenvalue weighted by molar-refractivity contribution is -0.143. The fourth-order valence-corrected chi connectivity index (χ4v) is 4.30. The molecular weight excluding hydrogens is 444 g/mol. The van der Waals surface area contributed by atoms with Crippen molar-refractivity contribution >= 4 is 18.0 Å². The molecule has 35 heavy (non-hydrogen) atoms. The van der Waals surface area contributed by atoms with Crippen molar-refractivity contribution in [3.8, 4) is 11.1 Å². The van der Waals surface area contributed by atoms with Gasteiger partial charge in [0, 0.05) is 5.92 Å². The summed E-state index contributed by atoms with van der Waals surface area (Å²) in [6.45, 7) is 7.54. The van der Waals surface area contributed by atoms with Crippen molar-refractivity contribution in [2.75, 3.05) is 6.61 Å². The third-order valence-corrected chi connectivity index (χ3v) is 6.49. The summed E-state index contributed by atoms with van der Waals surface area (Å²) in [5.41, 5.74) is 5.43. The Bertz CT molecular complexity index is 1060. The first-order valence-electron chi connectivity index (χ1n) is 12.0. The molecule has 2 aromatic carbocycles. The number of carboxylic acids is 1. The zero-order valence-electron chi connectivity index (χ0n) is 20.7. The number of allylic oxidation sites excluding steroid dienone is 1. The van der Waals surface area contributed by atoms with Crippen LogP contribution in [0.5, 0.6) is 0 Å². The van der Waals surface area contributed by atoms with Crippen molar-refractivity contribution in [2.24, 2.45) is 5.92 Å². The van der Waals surface area contributed by atoms with E-state index in [4.69, 9.17) is 4.74 Å². The average molecular weight is 479 g/mol. The normalized spacial score (nSPS) is 14.6. The summed E-state index contributed by atoms with van der Waals surface area (Å²) >= 11 is 0. The first-order chi connectivity index (χ1) is 16.7. The third kappa shape index (κ3) is 6.29. The number of carbonyl (C=O) groups excluding carboxylic acids is 2. The number of benzene rings is 2. The van der Waals surface area contributed by atoms with E-state index in [0.717, 1.165) is 27.8 Å². The van der Waals surface area contributed by atoms with Crippen LogP contribution in [0.4, 0.5) is 4.79 Å². The van der Waals surface area contributed by atoms with E-state index < -0.39 is 30.1 Å². The molecule has 0 saturated heterocycles. The number of carbonyl (C=O) groups is 3. The second-order valence-electron chi connectivity index (χ2n) is 9.25. The summed E-state index contributed by atoms with van der Waals surface area (Å²) in [6, 6.07) is 14.1. The van der Waals surface area contributed by atoms with Gasteiger partial charge >= 0.3 is 12.1 Å². The molecule has 1 aliphatic carbocycles. The fraction of sp³-hybridized carbons (Fsp3) is 0.393. The number of aliphatic carboxylic acids is 1. The molecule has 0 fully saturated rings. The molecule has 7 nitrogen and oxygen atoms in total. The van der Waals surface area contributed by atoms with Crippen molar-refractivity contribution in [3.05, 3.63) is 71.3 Å². The first kappa shape index (κ1) is 26.0. The summed E-state index contributed by atoms with van der Waals surface area (Å²) in [7, 11) is 0.